The van der Waals surface area contributed by atoms with E-state index < -0.39 is 5.41 Å². The van der Waals surface area contributed by atoms with E-state index in [2.05, 4.69) is 5.32 Å². The Balaban J connectivity index is 2.54. The summed E-state index contributed by atoms with van der Waals surface area (Å²) in [5.41, 5.74) is 0.161. The molecule has 0 radical (unpaired) electrons. The molecule has 1 aliphatic heterocycles. The highest BCUT2D eigenvalue weighted by Gasteiger charge is 2.53. The first-order chi connectivity index (χ1) is 7.98. The zero-order chi connectivity index (χ0) is 12.6. The molecule has 1 heterocycles. The molecule has 3 nitrogen and oxygen atoms in total. The highest BCUT2D eigenvalue weighted by atomic mass is 16.2. The Morgan fingerprint density at radius 2 is 1.76 bits per heavy atom. The van der Waals surface area contributed by atoms with Crippen molar-refractivity contribution in [3.8, 4) is 0 Å². The SMILES string of the molecule is CC(C)[C@H]1C(=O)NC(=O)[C@]1(C)c1ccccc1. The molecule has 0 spiro atoms. The molecule has 2 amide bonds. The van der Waals surface area contributed by atoms with E-state index in [1.165, 1.54) is 0 Å². The third-order valence-electron chi connectivity index (χ3n) is 3.65. The summed E-state index contributed by atoms with van der Waals surface area (Å²) >= 11 is 0. The van der Waals surface area contributed by atoms with Gasteiger partial charge in [-0.2, -0.15) is 0 Å². The van der Waals surface area contributed by atoms with Gasteiger partial charge in [0.05, 0.1) is 11.3 Å². The van der Waals surface area contributed by atoms with Crippen LogP contribution >= 0.6 is 0 Å². The van der Waals surface area contributed by atoms with Gasteiger partial charge in [-0.3, -0.25) is 14.9 Å². The first-order valence-electron chi connectivity index (χ1n) is 5.88. The second-order valence-electron chi connectivity index (χ2n) is 5.11. The first kappa shape index (κ1) is 11.8. The molecule has 17 heavy (non-hydrogen) atoms. The number of amides is 2. The van der Waals surface area contributed by atoms with Crippen molar-refractivity contribution >= 4 is 11.8 Å². The predicted octanol–water partition coefficient (Wildman–Crippen LogP) is 1.87. The Kier molecular flexibility index (Phi) is 2.77. The molecule has 3 heteroatoms. The molecular weight excluding hydrogens is 214 g/mol. The maximum atomic E-state index is 12.1. The molecule has 1 saturated heterocycles. The fourth-order valence-corrected chi connectivity index (χ4v) is 2.79. The number of imide groups is 1. The fraction of sp³-hybridized carbons (Fsp3) is 0.429. The summed E-state index contributed by atoms with van der Waals surface area (Å²) in [4.78, 5) is 24.0. The van der Waals surface area contributed by atoms with E-state index in [1.807, 2.05) is 51.1 Å². The van der Waals surface area contributed by atoms with Gasteiger partial charge in [0.1, 0.15) is 0 Å². The third kappa shape index (κ3) is 1.66. The minimum absolute atomic E-state index is 0.131. The van der Waals surface area contributed by atoms with Crippen LogP contribution in [-0.2, 0) is 15.0 Å². The molecular formula is C14H17NO2. The van der Waals surface area contributed by atoms with Gasteiger partial charge in [-0.1, -0.05) is 44.2 Å². The van der Waals surface area contributed by atoms with Gasteiger partial charge in [-0.05, 0) is 18.4 Å². The maximum Gasteiger partial charge on any atom is 0.237 e. The lowest BCUT2D eigenvalue weighted by molar-refractivity contribution is -0.126. The minimum Gasteiger partial charge on any atom is -0.295 e. The summed E-state index contributed by atoms with van der Waals surface area (Å²) in [7, 11) is 0. The summed E-state index contributed by atoms with van der Waals surface area (Å²) in [6.07, 6.45) is 0. The van der Waals surface area contributed by atoms with E-state index in [-0.39, 0.29) is 23.7 Å². The lowest BCUT2D eigenvalue weighted by Gasteiger charge is -2.30. The monoisotopic (exact) mass is 231 g/mol. The Morgan fingerprint density at radius 1 is 1.18 bits per heavy atom. The molecule has 1 aliphatic rings. The largest absolute Gasteiger partial charge is 0.295 e. The minimum atomic E-state index is -0.744. The molecule has 0 saturated carbocycles. The molecule has 0 bridgehead atoms. The van der Waals surface area contributed by atoms with Gasteiger partial charge in [-0.15, -0.1) is 0 Å². The number of hydrogen-bond acceptors (Lipinski definition) is 2. The topological polar surface area (TPSA) is 46.2 Å². The van der Waals surface area contributed by atoms with Crippen LogP contribution in [0.4, 0.5) is 0 Å². The smallest absolute Gasteiger partial charge is 0.237 e. The van der Waals surface area contributed by atoms with E-state index in [9.17, 15) is 9.59 Å². The Labute approximate surface area is 101 Å². The number of rotatable bonds is 2. The van der Waals surface area contributed by atoms with Crippen LogP contribution in [0.2, 0.25) is 0 Å². The van der Waals surface area contributed by atoms with Gasteiger partial charge in [0.2, 0.25) is 11.8 Å². The van der Waals surface area contributed by atoms with Crippen LogP contribution in [0.3, 0.4) is 0 Å². The van der Waals surface area contributed by atoms with Crippen LogP contribution in [0.5, 0.6) is 0 Å². The van der Waals surface area contributed by atoms with Crippen LogP contribution in [0.1, 0.15) is 26.3 Å². The fourth-order valence-electron chi connectivity index (χ4n) is 2.79. The van der Waals surface area contributed by atoms with Gasteiger partial charge < -0.3 is 0 Å². The van der Waals surface area contributed by atoms with Crippen molar-refractivity contribution in [1.29, 1.82) is 0 Å². The molecule has 2 rings (SSSR count). The van der Waals surface area contributed by atoms with E-state index >= 15 is 0 Å². The molecule has 2 atom stereocenters. The van der Waals surface area contributed by atoms with Gasteiger partial charge in [0.25, 0.3) is 0 Å². The molecule has 90 valence electrons. The lowest BCUT2D eigenvalue weighted by atomic mass is 9.69. The summed E-state index contributed by atoms with van der Waals surface area (Å²) < 4.78 is 0. The summed E-state index contributed by atoms with van der Waals surface area (Å²) in [5.74, 6) is -0.507. The average molecular weight is 231 g/mol. The molecule has 0 unspecified atom stereocenters. The average Bonchev–Trinajstić information content (AvgIpc) is 2.51. The van der Waals surface area contributed by atoms with Crippen molar-refractivity contribution in [2.45, 2.75) is 26.2 Å². The van der Waals surface area contributed by atoms with Gasteiger partial charge in [0.15, 0.2) is 0 Å². The number of hydrogen-bond donors (Lipinski definition) is 1. The number of carbonyl (C=O) groups excluding carboxylic acids is 2. The van der Waals surface area contributed by atoms with Crippen LogP contribution in [-0.4, -0.2) is 11.8 Å². The van der Waals surface area contributed by atoms with E-state index in [4.69, 9.17) is 0 Å². The Hall–Kier alpha value is -1.64. The zero-order valence-electron chi connectivity index (χ0n) is 10.4. The molecule has 0 aliphatic carbocycles. The van der Waals surface area contributed by atoms with Crippen molar-refractivity contribution in [2.24, 2.45) is 11.8 Å². The van der Waals surface area contributed by atoms with Gasteiger partial charge in [0, 0.05) is 0 Å². The highest BCUT2D eigenvalue weighted by Crippen LogP contribution is 2.40. The standard InChI is InChI=1S/C14H17NO2/c1-9(2)11-12(16)15-13(17)14(11,3)10-7-5-4-6-8-10/h4-9,11H,1-3H3,(H,15,16,17)/t11-,14+/m0/s1. The van der Waals surface area contributed by atoms with Crippen LogP contribution in [0.25, 0.3) is 0 Å². The number of benzene rings is 1. The lowest BCUT2D eigenvalue weighted by Crippen LogP contribution is -2.38. The van der Waals surface area contributed by atoms with Crippen molar-refractivity contribution in [3.05, 3.63) is 35.9 Å². The Morgan fingerprint density at radius 3 is 2.29 bits per heavy atom. The van der Waals surface area contributed by atoms with Crippen molar-refractivity contribution in [1.82, 2.24) is 5.32 Å². The zero-order valence-corrected chi connectivity index (χ0v) is 10.4. The first-order valence-corrected chi connectivity index (χ1v) is 5.88. The molecule has 1 N–H and O–H groups in total. The van der Waals surface area contributed by atoms with Crippen LogP contribution < -0.4 is 5.32 Å². The molecule has 1 fully saturated rings. The second-order valence-corrected chi connectivity index (χ2v) is 5.11. The Bertz CT molecular complexity index is 453. The van der Waals surface area contributed by atoms with E-state index in [0.717, 1.165) is 5.56 Å². The van der Waals surface area contributed by atoms with Crippen molar-refractivity contribution in [2.75, 3.05) is 0 Å². The summed E-state index contributed by atoms with van der Waals surface area (Å²) in [6.45, 7) is 5.81. The molecule has 1 aromatic rings. The normalized spacial score (nSPS) is 28.6. The highest BCUT2D eigenvalue weighted by molar-refractivity contribution is 6.10. The second kappa shape index (κ2) is 3.99. The summed E-state index contributed by atoms with van der Waals surface area (Å²) in [6, 6.07) is 9.52. The maximum absolute atomic E-state index is 12.1. The number of carbonyl (C=O) groups is 2. The van der Waals surface area contributed by atoms with Gasteiger partial charge in [-0.25, -0.2) is 0 Å². The van der Waals surface area contributed by atoms with Crippen molar-refractivity contribution < 1.29 is 9.59 Å². The molecule has 0 aromatic heterocycles. The van der Waals surface area contributed by atoms with Crippen LogP contribution in [0.15, 0.2) is 30.3 Å². The quantitative estimate of drug-likeness (QED) is 0.790. The third-order valence-corrected chi connectivity index (χ3v) is 3.65. The summed E-state index contributed by atoms with van der Waals surface area (Å²) in [5, 5.41) is 2.46. The van der Waals surface area contributed by atoms with Gasteiger partial charge >= 0.3 is 0 Å². The van der Waals surface area contributed by atoms with E-state index in [0.29, 0.717) is 0 Å². The van der Waals surface area contributed by atoms with E-state index in [1.54, 1.807) is 0 Å². The van der Waals surface area contributed by atoms with Crippen molar-refractivity contribution in [3.63, 3.8) is 0 Å². The van der Waals surface area contributed by atoms with Crippen LogP contribution in [0, 0.1) is 11.8 Å². The predicted molar refractivity (Wildman–Crippen MR) is 65.3 cm³/mol. The number of nitrogens with one attached hydrogen (secondary N) is 1. The molecule has 1 aromatic carbocycles.